The third kappa shape index (κ3) is 4.15. The highest BCUT2D eigenvalue weighted by Crippen LogP contribution is 2.33. The second-order valence-corrected chi connectivity index (χ2v) is 6.94. The minimum Gasteiger partial charge on any atom is -0.383 e. The summed E-state index contributed by atoms with van der Waals surface area (Å²) in [6.07, 6.45) is 4.30. The Morgan fingerprint density at radius 3 is 2.67 bits per heavy atom. The molecular formula is C13H19N3O4S. The summed E-state index contributed by atoms with van der Waals surface area (Å²) in [7, 11) is -2.15. The smallest absolute Gasteiger partial charge is 0.293 e. The molecule has 0 unspecified atom stereocenters. The molecule has 0 aromatic heterocycles. The fourth-order valence-electron chi connectivity index (χ4n) is 2.13. The Kier molecular flexibility index (Phi) is 4.79. The molecule has 1 fully saturated rings. The third-order valence-electron chi connectivity index (χ3n) is 3.52. The highest BCUT2D eigenvalue weighted by atomic mass is 32.2. The van der Waals surface area contributed by atoms with E-state index in [9.17, 15) is 18.5 Å². The Bertz CT molecular complexity index is 626. The molecule has 2 rings (SSSR count). The van der Waals surface area contributed by atoms with Gasteiger partial charge in [0, 0.05) is 19.7 Å². The highest BCUT2D eigenvalue weighted by molar-refractivity contribution is 7.89. The maximum absolute atomic E-state index is 12.1. The van der Waals surface area contributed by atoms with Gasteiger partial charge >= 0.3 is 0 Å². The number of hydrogen-bond donors (Lipinski definition) is 2. The fourth-order valence-corrected chi connectivity index (χ4v) is 3.22. The Morgan fingerprint density at radius 1 is 1.38 bits per heavy atom. The van der Waals surface area contributed by atoms with Gasteiger partial charge in [-0.2, -0.15) is 0 Å². The quantitative estimate of drug-likeness (QED) is 0.435. The molecule has 2 N–H and O–H groups in total. The number of rotatable bonds is 8. The van der Waals surface area contributed by atoms with Crippen LogP contribution in [0.5, 0.6) is 0 Å². The molecule has 0 bridgehead atoms. The Balaban J connectivity index is 2.07. The first kappa shape index (κ1) is 15.7. The van der Waals surface area contributed by atoms with Crippen LogP contribution in [0.4, 0.5) is 11.4 Å². The minimum absolute atomic E-state index is 0.0837. The summed E-state index contributed by atoms with van der Waals surface area (Å²) in [5.74, 6) is 0.755. The zero-order chi connectivity index (χ0) is 15.5. The first-order valence-corrected chi connectivity index (χ1v) is 8.38. The molecule has 0 spiro atoms. The normalized spacial score (nSPS) is 14.9. The van der Waals surface area contributed by atoms with Crippen LogP contribution >= 0.6 is 0 Å². The van der Waals surface area contributed by atoms with Crippen molar-refractivity contribution in [3.8, 4) is 0 Å². The predicted molar refractivity (Wildman–Crippen MR) is 79.8 cm³/mol. The van der Waals surface area contributed by atoms with E-state index in [4.69, 9.17) is 0 Å². The van der Waals surface area contributed by atoms with E-state index in [1.165, 1.54) is 25.0 Å². The van der Waals surface area contributed by atoms with E-state index in [-0.39, 0.29) is 16.3 Å². The average molecular weight is 313 g/mol. The van der Waals surface area contributed by atoms with Crippen LogP contribution in [0.1, 0.15) is 25.7 Å². The van der Waals surface area contributed by atoms with Crippen molar-refractivity contribution in [3.63, 3.8) is 0 Å². The van der Waals surface area contributed by atoms with Crippen molar-refractivity contribution in [1.82, 2.24) is 4.72 Å². The van der Waals surface area contributed by atoms with Crippen molar-refractivity contribution in [2.75, 3.05) is 18.9 Å². The molecule has 0 heterocycles. The maximum atomic E-state index is 12.1. The van der Waals surface area contributed by atoms with Gasteiger partial charge in [-0.15, -0.1) is 0 Å². The van der Waals surface area contributed by atoms with Gasteiger partial charge in [0.25, 0.3) is 5.69 Å². The van der Waals surface area contributed by atoms with Gasteiger partial charge in [0.05, 0.1) is 9.82 Å². The molecule has 8 heteroatoms. The van der Waals surface area contributed by atoms with E-state index in [0.29, 0.717) is 6.54 Å². The van der Waals surface area contributed by atoms with Crippen LogP contribution in [0, 0.1) is 16.0 Å². The first-order valence-electron chi connectivity index (χ1n) is 6.90. The SMILES string of the molecule is CNc1ccc(S(=O)(=O)NCCCC2CC2)cc1[N+](=O)[O-]. The van der Waals surface area contributed by atoms with Crippen molar-refractivity contribution in [2.24, 2.45) is 5.92 Å². The molecule has 0 saturated heterocycles. The van der Waals surface area contributed by atoms with Gasteiger partial charge in [-0.1, -0.05) is 12.8 Å². The topological polar surface area (TPSA) is 101 Å². The number of nitrogens with one attached hydrogen (secondary N) is 2. The van der Waals surface area contributed by atoms with Gasteiger partial charge in [0.1, 0.15) is 5.69 Å². The summed E-state index contributed by atoms with van der Waals surface area (Å²) in [6.45, 7) is 0.362. The summed E-state index contributed by atoms with van der Waals surface area (Å²) in [5, 5.41) is 13.6. The Hall–Kier alpha value is -1.67. The van der Waals surface area contributed by atoms with Crippen molar-refractivity contribution in [3.05, 3.63) is 28.3 Å². The van der Waals surface area contributed by atoms with E-state index < -0.39 is 14.9 Å². The maximum Gasteiger partial charge on any atom is 0.293 e. The molecule has 1 saturated carbocycles. The van der Waals surface area contributed by atoms with E-state index in [2.05, 4.69) is 10.0 Å². The summed E-state index contributed by atoms with van der Waals surface area (Å²) < 4.78 is 26.7. The fraction of sp³-hybridized carbons (Fsp3) is 0.538. The van der Waals surface area contributed by atoms with Crippen LogP contribution < -0.4 is 10.0 Å². The number of anilines is 1. The molecule has 0 amide bonds. The van der Waals surface area contributed by atoms with E-state index in [1.54, 1.807) is 7.05 Å². The molecule has 1 aromatic rings. The lowest BCUT2D eigenvalue weighted by Gasteiger charge is -2.08. The zero-order valence-corrected chi connectivity index (χ0v) is 12.6. The van der Waals surface area contributed by atoms with Crippen LogP contribution in [0.2, 0.25) is 0 Å². The largest absolute Gasteiger partial charge is 0.383 e. The second-order valence-electron chi connectivity index (χ2n) is 5.17. The van der Waals surface area contributed by atoms with Crippen molar-refractivity contribution >= 4 is 21.4 Å². The highest BCUT2D eigenvalue weighted by Gasteiger charge is 2.22. The second kappa shape index (κ2) is 6.40. The van der Waals surface area contributed by atoms with Gasteiger partial charge in [0.2, 0.25) is 10.0 Å². The van der Waals surface area contributed by atoms with Crippen LogP contribution in [-0.2, 0) is 10.0 Å². The van der Waals surface area contributed by atoms with E-state index in [1.807, 2.05) is 0 Å². The number of nitro groups is 1. The Labute approximate surface area is 123 Å². The molecule has 0 radical (unpaired) electrons. The lowest BCUT2D eigenvalue weighted by atomic mass is 10.2. The minimum atomic E-state index is -3.70. The van der Waals surface area contributed by atoms with Crippen LogP contribution in [-0.4, -0.2) is 26.9 Å². The summed E-state index contributed by atoms with van der Waals surface area (Å²) >= 11 is 0. The standard InChI is InChI=1S/C13H19N3O4S/c1-14-12-7-6-11(9-13(12)16(17)18)21(19,20)15-8-2-3-10-4-5-10/h6-7,9-10,14-15H,2-5,8H2,1H3. The van der Waals surface area contributed by atoms with Crippen molar-refractivity contribution in [2.45, 2.75) is 30.6 Å². The number of sulfonamides is 1. The summed E-state index contributed by atoms with van der Waals surface area (Å²) in [5.41, 5.74) is 0.0334. The number of benzene rings is 1. The molecule has 116 valence electrons. The van der Waals surface area contributed by atoms with Gasteiger partial charge in [-0.25, -0.2) is 13.1 Å². The zero-order valence-electron chi connectivity index (χ0n) is 11.8. The van der Waals surface area contributed by atoms with Gasteiger partial charge in [-0.3, -0.25) is 10.1 Å². The summed E-state index contributed by atoms with van der Waals surface area (Å²) in [4.78, 5) is 10.3. The van der Waals surface area contributed by atoms with Gasteiger partial charge in [-0.05, 0) is 30.9 Å². The van der Waals surface area contributed by atoms with E-state index in [0.717, 1.165) is 24.8 Å². The molecule has 0 aliphatic heterocycles. The van der Waals surface area contributed by atoms with Crippen LogP contribution in [0.25, 0.3) is 0 Å². The lowest BCUT2D eigenvalue weighted by Crippen LogP contribution is -2.25. The predicted octanol–water partition coefficient (Wildman–Crippen LogP) is 2.10. The monoisotopic (exact) mass is 313 g/mol. The number of nitrogens with zero attached hydrogens (tertiary/aromatic N) is 1. The molecule has 7 nitrogen and oxygen atoms in total. The van der Waals surface area contributed by atoms with Gasteiger partial charge < -0.3 is 5.32 Å². The van der Waals surface area contributed by atoms with Gasteiger partial charge in [0.15, 0.2) is 0 Å². The molecule has 1 aromatic carbocycles. The Morgan fingerprint density at radius 2 is 2.10 bits per heavy atom. The molecule has 0 atom stereocenters. The van der Waals surface area contributed by atoms with E-state index >= 15 is 0 Å². The number of nitro benzene ring substituents is 1. The molecular weight excluding hydrogens is 294 g/mol. The van der Waals surface area contributed by atoms with Crippen LogP contribution in [0.3, 0.4) is 0 Å². The van der Waals surface area contributed by atoms with Crippen molar-refractivity contribution < 1.29 is 13.3 Å². The van der Waals surface area contributed by atoms with Crippen molar-refractivity contribution in [1.29, 1.82) is 0 Å². The molecule has 1 aliphatic rings. The molecule has 1 aliphatic carbocycles. The van der Waals surface area contributed by atoms with Crippen LogP contribution in [0.15, 0.2) is 23.1 Å². The average Bonchev–Trinajstić information content (AvgIpc) is 3.27. The summed E-state index contributed by atoms with van der Waals surface area (Å²) in [6, 6.07) is 3.84. The first-order chi connectivity index (χ1) is 9.94. The number of hydrogen-bond acceptors (Lipinski definition) is 5. The lowest BCUT2D eigenvalue weighted by molar-refractivity contribution is -0.384. The third-order valence-corrected chi connectivity index (χ3v) is 4.98. The molecule has 21 heavy (non-hydrogen) atoms.